The molecule has 0 saturated carbocycles. The Morgan fingerprint density at radius 3 is 2.50 bits per heavy atom. The summed E-state index contributed by atoms with van der Waals surface area (Å²) in [5.41, 5.74) is 3.06. The highest BCUT2D eigenvalue weighted by Crippen LogP contribution is 2.38. The lowest BCUT2D eigenvalue weighted by atomic mass is 9.72. The summed E-state index contributed by atoms with van der Waals surface area (Å²) in [4.78, 5) is 18.4. The van der Waals surface area contributed by atoms with E-state index in [1.165, 1.54) is 11.1 Å². The summed E-state index contributed by atoms with van der Waals surface area (Å²) < 4.78 is 11.0. The third-order valence-electron chi connectivity index (χ3n) is 6.76. The molecular weight excluding hydrogens is 376 g/mol. The van der Waals surface area contributed by atoms with Crippen molar-refractivity contribution in [2.75, 3.05) is 47.0 Å². The summed E-state index contributed by atoms with van der Waals surface area (Å²) in [6.07, 6.45) is 1.49. The number of piperazine rings is 1. The molecule has 2 aromatic carbocycles. The van der Waals surface area contributed by atoms with E-state index in [4.69, 9.17) is 9.47 Å². The number of carbonyl (C=O) groups is 1. The topological polar surface area (TPSA) is 42.0 Å². The number of benzene rings is 2. The SMILES string of the molecule is COc1ccc([C@@H]2CN(C(=O)C3(c4cccc(C)c4)CCOCC3)CCN2C)cc1. The van der Waals surface area contributed by atoms with Crippen LogP contribution in [0.15, 0.2) is 48.5 Å². The van der Waals surface area contributed by atoms with Crippen LogP contribution in [-0.4, -0.2) is 62.7 Å². The highest BCUT2D eigenvalue weighted by atomic mass is 16.5. The molecule has 0 bridgehead atoms. The molecule has 0 unspecified atom stereocenters. The molecule has 2 aliphatic rings. The van der Waals surface area contributed by atoms with Gasteiger partial charge in [0.1, 0.15) is 5.75 Å². The Balaban J connectivity index is 1.61. The van der Waals surface area contributed by atoms with Gasteiger partial charge in [0.2, 0.25) is 5.91 Å². The summed E-state index contributed by atoms with van der Waals surface area (Å²) in [7, 11) is 3.82. The minimum Gasteiger partial charge on any atom is -0.497 e. The van der Waals surface area contributed by atoms with Crippen LogP contribution in [0.2, 0.25) is 0 Å². The lowest BCUT2D eigenvalue weighted by Crippen LogP contribution is -2.56. The van der Waals surface area contributed by atoms with E-state index in [9.17, 15) is 4.79 Å². The van der Waals surface area contributed by atoms with Crippen molar-refractivity contribution in [3.05, 3.63) is 65.2 Å². The third kappa shape index (κ3) is 3.96. The molecule has 5 nitrogen and oxygen atoms in total. The second kappa shape index (κ2) is 8.78. The Morgan fingerprint density at radius 1 is 1.10 bits per heavy atom. The zero-order chi connectivity index (χ0) is 21.1. The van der Waals surface area contributed by atoms with Gasteiger partial charge in [0.15, 0.2) is 0 Å². The first-order chi connectivity index (χ1) is 14.5. The van der Waals surface area contributed by atoms with E-state index < -0.39 is 5.41 Å². The fraction of sp³-hybridized carbons (Fsp3) is 0.480. The van der Waals surface area contributed by atoms with Crippen LogP contribution in [0.3, 0.4) is 0 Å². The molecule has 1 amide bonds. The first-order valence-corrected chi connectivity index (χ1v) is 10.8. The summed E-state index contributed by atoms with van der Waals surface area (Å²) in [6.45, 7) is 5.69. The Hall–Kier alpha value is -2.37. The standard InChI is InChI=1S/C25H32N2O3/c1-19-5-4-6-21(17-19)25(11-15-30-16-12-25)24(28)27-14-13-26(2)23(18-27)20-7-9-22(29-3)10-8-20/h4-10,17,23H,11-16,18H2,1-3H3/t23-/m0/s1. The van der Waals surface area contributed by atoms with Gasteiger partial charge < -0.3 is 14.4 Å². The first-order valence-electron chi connectivity index (χ1n) is 10.8. The monoisotopic (exact) mass is 408 g/mol. The van der Waals surface area contributed by atoms with E-state index in [0.717, 1.165) is 37.2 Å². The molecule has 2 aliphatic heterocycles. The zero-order valence-corrected chi connectivity index (χ0v) is 18.3. The average molecular weight is 409 g/mol. The van der Waals surface area contributed by atoms with Crippen molar-refractivity contribution < 1.29 is 14.3 Å². The lowest BCUT2D eigenvalue weighted by molar-refractivity contribution is -0.144. The minimum absolute atomic E-state index is 0.183. The number of ether oxygens (including phenoxy) is 2. The number of hydrogen-bond donors (Lipinski definition) is 0. The van der Waals surface area contributed by atoms with Crippen LogP contribution in [0.4, 0.5) is 0 Å². The van der Waals surface area contributed by atoms with Crippen LogP contribution in [0.5, 0.6) is 5.75 Å². The molecule has 160 valence electrons. The number of carbonyl (C=O) groups excluding carboxylic acids is 1. The number of nitrogens with zero attached hydrogens (tertiary/aromatic N) is 2. The molecule has 2 aromatic rings. The molecule has 0 aromatic heterocycles. The summed E-state index contributed by atoms with van der Waals surface area (Å²) in [5.74, 6) is 1.11. The van der Waals surface area contributed by atoms with Crippen molar-refractivity contribution in [2.45, 2.75) is 31.2 Å². The van der Waals surface area contributed by atoms with Crippen molar-refractivity contribution in [1.82, 2.24) is 9.80 Å². The largest absolute Gasteiger partial charge is 0.497 e. The van der Waals surface area contributed by atoms with Gasteiger partial charge in [0.25, 0.3) is 0 Å². The van der Waals surface area contributed by atoms with Crippen LogP contribution in [0, 0.1) is 6.92 Å². The molecule has 4 rings (SSSR count). The predicted molar refractivity (Wildman–Crippen MR) is 118 cm³/mol. The van der Waals surface area contributed by atoms with Crippen LogP contribution < -0.4 is 4.74 Å². The highest BCUT2D eigenvalue weighted by Gasteiger charge is 2.45. The van der Waals surface area contributed by atoms with Gasteiger partial charge in [-0.15, -0.1) is 0 Å². The van der Waals surface area contributed by atoms with Crippen molar-refractivity contribution in [3.63, 3.8) is 0 Å². The lowest BCUT2D eigenvalue weighted by Gasteiger charge is -2.45. The van der Waals surface area contributed by atoms with Gasteiger partial charge in [-0.2, -0.15) is 0 Å². The normalized spacial score (nSPS) is 22.0. The van der Waals surface area contributed by atoms with Crippen molar-refractivity contribution in [3.8, 4) is 5.75 Å². The average Bonchev–Trinajstić information content (AvgIpc) is 2.79. The molecular formula is C25H32N2O3. The molecule has 30 heavy (non-hydrogen) atoms. The quantitative estimate of drug-likeness (QED) is 0.776. The van der Waals surface area contributed by atoms with E-state index >= 15 is 0 Å². The third-order valence-corrected chi connectivity index (χ3v) is 6.76. The fourth-order valence-corrected chi connectivity index (χ4v) is 4.84. The molecule has 0 aliphatic carbocycles. The number of aryl methyl sites for hydroxylation is 1. The van der Waals surface area contributed by atoms with Crippen molar-refractivity contribution >= 4 is 5.91 Å². The molecule has 2 saturated heterocycles. The highest BCUT2D eigenvalue weighted by molar-refractivity contribution is 5.88. The second-order valence-corrected chi connectivity index (χ2v) is 8.58. The zero-order valence-electron chi connectivity index (χ0n) is 18.3. The van der Waals surface area contributed by atoms with Gasteiger partial charge in [-0.1, -0.05) is 42.0 Å². The van der Waals surface area contributed by atoms with E-state index in [1.807, 2.05) is 12.1 Å². The Morgan fingerprint density at radius 2 is 1.83 bits per heavy atom. The van der Waals surface area contributed by atoms with Gasteiger partial charge in [-0.25, -0.2) is 0 Å². The maximum Gasteiger partial charge on any atom is 0.233 e. The number of rotatable bonds is 4. The number of amides is 1. The van der Waals surface area contributed by atoms with Gasteiger partial charge in [-0.05, 0) is 50.1 Å². The Kier molecular flexibility index (Phi) is 6.11. The van der Waals surface area contributed by atoms with Gasteiger partial charge >= 0.3 is 0 Å². The maximum absolute atomic E-state index is 14.0. The van der Waals surface area contributed by atoms with E-state index in [2.05, 4.69) is 60.2 Å². The summed E-state index contributed by atoms with van der Waals surface area (Å²) in [6, 6.07) is 16.9. The second-order valence-electron chi connectivity index (χ2n) is 8.58. The van der Waals surface area contributed by atoms with E-state index in [-0.39, 0.29) is 11.9 Å². The molecule has 0 N–H and O–H groups in total. The minimum atomic E-state index is -0.482. The molecule has 0 radical (unpaired) electrons. The fourth-order valence-electron chi connectivity index (χ4n) is 4.84. The number of hydrogen-bond acceptors (Lipinski definition) is 4. The Bertz CT molecular complexity index is 874. The Labute approximate surface area is 179 Å². The summed E-state index contributed by atoms with van der Waals surface area (Å²) >= 11 is 0. The molecule has 5 heteroatoms. The maximum atomic E-state index is 14.0. The van der Waals surface area contributed by atoms with E-state index in [1.54, 1.807) is 7.11 Å². The van der Waals surface area contributed by atoms with Gasteiger partial charge in [0, 0.05) is 32.8 Å². The molecule has 1 atom stereocenters. The number of likely N-dealkylation sites (N-methyl/N-ethyl adjacent to an activating group) is 1. The van der Waals surface area contributed by atoms with Crippen molar-refractivity contribution in [2.24, 2.45) is 0 Å². The van der Waals surface area contributed by atoms with Gasteiger partial charge in [0.05, 0.1) is 18.6 Å². The van der Waals surface area contributed by atoms with Crippen molar-refractivity contribution in [1.29, 1.82) is 0 Å². The molecule has 2 fully saturated rings. The summed E-state index contributed by atoms with van der Waals surface area (Å²) in [5, 5.41) is 0. The first kappa shape index (κ1) is 20.9. The van der Waals surface area contributed by atoms with Crippen LogP contribution in [0.1, 0.15) is 35.6 Å². The van der Waals surface area contributed by atoms with E-state index in [0.29, 0.717) is 19.8 Å². The van der Waals surface area contributed by atoms with Gasteiger partial charge in [-0.3, -0.25) is 9.69 Å². The predicted octanol–water partition coefficient (Wildman–Crippen LogP) is 3.57. The smallest absolute Gasteiger partial charge is 0.233 e. The van der Waals surface area contributed by atoms with Crippen LogP contribution in [0.25, 0.3) is 0 Å². The van der Waals surface area contributed by atoms with Crippen LogP contribution >= 0.6 is 0 Å². The number of methoxy groups -OCH3 is 1. The van der Waals surface area contributed by atoms with Crippen LogP contribution in [-0.2, 0) is 14.9 Å². The molecule has 0 spiro atoms. The molecule has 2 heterocycles.